The SMILES string of the molecule is NCCCCC[NH2+][O-]. The van der Waals surface area contributed by atoms with Crippen molar-refractivity contribution in [2.45, 2.75) is 19.3 Å². The number of hydroxylamine groups is 1. The minimum absolute atomic E-state index is 0.694. The molecule has 0 aliphatic carbocycles. The van der Waals surface area contributed by atoms with Crippen LogP contribution in [0.5, 0.6) is 0 Å². The lowest BCUT2D eigenvalue weighted by atomic mass is 10.2. The molecule has 0 fully saturated rings. The molecule has 0 aliphatic heterocycles. The van der Waals surface area contributed by atoms with Gasteiger partial charge in [0.15, 0.2) is 0 Å². The molecule has 0 unspecified atom stereocenters. The van der Waals surface area contributed by atoms with Gasteiger partial charge in [-0.3, -0.25) is 0 Å². The van der Waals surface area contributed by atoms with Gasteiger partial charge in [0.1, 0.15) is 0 Å². The first kappa shape index (κ1) is 7.88. The van der Waals surface area contributed by atoms with Crippen molar-refractivity contribution in [1.82, 2.24) is 0 Å². The van der Waals surface area contributed by atoms with Crippen LogP contribution in [0.4, 0.5) is 0 Å². The van der Waals surface area contributed by atoms with E-state index in [-0.39, 0.29) is 0 Å². The van der Waals surface area contributed by atoms with E-state index in [1.54, 1.807) is 0 Å². The summed E-state index contributed by atoms with van der Waals surface area (Å²) in [5.41, 5.74) is 6.18. The van der Waals surface area contributed by atoms with E-state index >= 15 is 0 Å². The van der Waals surface area contributed by atoms with Gasteiger partial charge in [0.25, 0.3) is 0 Å². The van der Waals surface area contributed by atoms with Crippen LogP contribution in [-0.2, 0) is 0 Å². The van der Waals surface area contributed by atoms with Gasteiger partial charge in [-0.2, -0.15) is 0 Å². The second kappa shape index (κ2) is 6.88. The largest absolute Gasteiger partial charge is 0.636 e. The van der Waals surface area contributed by atoms with Crippen molar-refractivity contribution in [3.8, 4) is 0 Å². The Kier molecular flexibility index (Phi) is 6.78. The molecule has 0 aromatic rings. The molecule has 0 amide bonds. The minimum atomic E-state index is 0.694. The Morgan fingerprint density at radius 1 is 1.25 bits per heavy atom. The van der Waals surface area contributed by atoms with E-state index in [1.807, 2.05) is 0 Å². The molecule has 0 saturated heterocycles. The highest BCUT2D eigenvalue weighted by molar-refractivity contribution is 4.38. The summed E-state index contributed by atoms with van der Waals surface area (Å²) in [6.45, 7) is 1.44. The maximum absolute atomic E-state index is 9.74. The van der Waals surface area contributed by atoms with Crippen molar-refractivity contribution >= 4 is 0 Å². The minimum Gasteiger partial charge on any atom is -0.636 e. The zero-order valence-electron chi connectivity index (χ0n) is 5.10. The number of nitrogens with two attached hydrogens (primary N) is 2. The van der Waals surface area contributed by atoms with Crippen LogP contribution in [0.3, 0.4) is 0 Å². The molecule has 0 aromatic carbocycles. The normalized spacial score (nSPS) is 9.75. The van der Waals surface area contributed by atoms with Crippen molar-refractivity contribution in [2.24, 2.45) is 5.73 Å². The van der Waals surface area contributed by atoms with Crippen LogP contribution in [-0.4, -0.2) is 13.1 Å². The maximum atomic E-state index is 9.74. The first-order chi connectivity index (χ1) is 3.91. The van der Waals surface area contributed by atoms with Gasteiger partial charge in [-0.15, -0.1) is 0 Å². The van der Waals surface area contributed by atoms with Gasteiger partial charge < -0.3 is 16.4 Å². The van der Waals surface area contributed by atoms with Crippen LogP contribution < -0.4 is 11.2 Å². The summed E-state index contributed by atoms with van der Waals surface area (Å²) in [5, 5.41) is 9.74. The summed E-state index contributed by atoms with van der Waals surface area (Å²) in [5.74, 6) is 0. The fraction of sp³-hybridized carbons (Fsp3) is 1.00. The van der Waals surface area contributed by atoms with Crippen LogP contribution in [0.1, 0.15) is 19.3 Å². The first-order valence-corrected chi connectivity index (χ1v) is 3.05. The van der Waals surface area contributed by atoms with E-state index in [9.17, 15) is 5.21 Å². The highest BCUT2D eigenvalue weighted by Gasteiger charge is 1.83. The third-order valence-corrected chi connectivity index (χ3v) is 1.03. The molecule has 0 atom stereocenters. The van der Waals surface area contributed by atoms with Gasteiger partial charge in [-0.1, -0.05) is 0 Å². The van der Waals surface area contributed by atoms with Crippen LogP contribution in [0.25, 0.3) is 0 Å². The molecule has 0 aliphatic rings. The van der Waals surface area contributed by atoms with E-state index in [0.29, 0.717) is 6.54 Å². The van der Waals surface area contributed by atoms with Gasteiger partial charge >= 0.3 is 0 Å². The predicted molar refractivity (Wildman–Crippen MR) is 33.1 cm³/mol. The number of unbranched alkanes of at least 4 members (excludes halogenated alkanes) is 2. The Morgan fingerprint density at radius 3 is 2.50 bits per heavy atom. The Balaban J connectivity index is 2.53. The average molecular weight is 118 g/mol. The summed E-state index contributed by atoms with van der Waals surface area (Å²) in [6.07, 6.45) is 3.14. The molecule has 4 N–H and O–H groups in total. The van der Waals surface area contributed by atoms with Gasteiger partial charge in [-0.05, 0) is 25.8 Å². The molecule has 0 heterocycles. The summed E-state index contributed by atoms with van der Waals surface area (Å²) >= 11 is 0. The third-order valence-electron chi connectivity index (χ3n) is 1.03. The highest BCUT2D eigenvalue weighted by atomic mass is 16.5. The molecule has 0 rings (SSSR count). The van der Waals surface area contributed by atoms with Gasteiger partial charge in [-0.25, -0.2) is 0 Å². The average Bonchev–Trinajstić information content (AvgIpc) is 1.81. The third kappa shape index (κ3) is 5.88. The van der Waals surface area contributed by atoms with Crippen LogP contribution in [0.2, 0.25) is 0 Å². The summed E-state index contributed by atoms with van der Waals surface area (Å²) < 4.78 is 0. The summed E-state index contributed by atoms with van der Waals surface area (Å²) in [6, 6.07) is 0. The molecule has 8 heavy (non-hydrogen) atoms. The van der Waals surface area contributed by atoms with Crippen LogP contribution in [0.15, 0.2) is 0 Å². The van der Waals surface area contributed by atoms with E-state index in [0.717, 1.165) is 31.3 Å². The smallest absolute Gasteiger partial charge is 0.0752 e. The topological polar surface area (TPSA) is 65.7 Å². The Hall–Kier alpha value is -0.120. The fourth-order valence-corrected chi connectivity index (χ4v) is 0.549. The summed E-state index contributed by atoms with van der Waals surface area (Å²) in [4.78, 5) is 0. The van der Waals surface area contributed by atoms with Gasteiger partial charge in [0.2, 0.25) is 0 Å². The standard InChI is InChI=1S/C5H14N2O/c6-4-2-1-3-5-7-8/h1-7H2. The summed E-state index contributed by atoms with van der Waals surface area (Å²) in [7, 11) is 0. The zero-order valence-corrected chi connectivity index (χ0v) is 5.10. The lowest BCUT2D eigenvalue weighted by Crippen LogP contribution is -2.77. The predicted octanol–water partition coefficient (Wildman–Crippen LogP) is -0.823. The molecular formula is C5H14N2O. The molecular weight excluding hydrogens is 104 g/mol. The molecule has 0 saturated carbocycles. The fourth-order valence-electron chi connectivity index (χ4n) is 0.549. The molecule has 3 nitrogen and oxygen atoms in total. The van der Waals surface area contributed by atoms with Crippen molar-refractivity contribution < 1.29 is 5.48 Å². The van der Waals surface area contributed by atoms with Crippen LogP contribution in [0, 0.1) is 5.21 Å². The quantitative estimate of drug-likeness (QED) is 0.366. The van der Waals surface area contributed by atoms with E-state index < -0.39 is 0 Å². The van der Waals surface area contributed by atoms with Crippen molar-refractivity contribution in [2.75, 3.05) is 13.1 Å². The van der Waals surface area contributed by atoms with Crippen molar-refractivity contribution in [1.29, 1.82) is 0 Å². The molecule has 0 spiro atoms. The number of quaternary nitrogens is 1. The number of hydrogen-bond donors (Lipinski definition) is 2. The number of rotatable bonds is 5. The Morgan fingerprint density at radius 2 is 2.00 bits per heavy atom. The second-order valence-electron chi connectivity index (χ2n) is 1.80. The monoisotopic (exact) mass is 118 g/mol. The molecule has 0 radical (unpaired) electrons. The van der Waals surface area contributed by atoms with E-state index in [4.69, 9.17) is 5.73 Å². The molecule has 0 bridgehead atoms. The van der Waals surface area contributed by atoms with Crippen molar-refractivity contribution in [3.63, 3.8) is 0 Å². The first-order valence-electron chi connectivity index (χ1n) is 3.05. The van der Waals surface area contributed by atoms with Crippen molar-refractivity contribution in [3.05, 3.63) is 5.21 Å². The highest BCUT2D eigenvalue weighted by Crippen LogP contribution is 1.88. The molecule has 0 aromatic heterocycles. The van der Waals surface area contributed by atoms with Crippen LogP contribution >= 0.6 is 0 Å². The van der Waals surface area contributed by atoms with E-state index in [2.05, 4.69) is 0 Å². The second-order valence-corrected chi connectivity index (χ2v) is 1.80. The molecule has 3 heteroatoms. The van der Waals surface area contributed by atoms with E-state index in [1.165, 1.54) is 0 Å². The Labute approximate surface area is 49.8 Å². The molecule has 50 valence electrons. The Bertz CT molecular complexity index is 35.4. The lowest BCUT2D eigenvalue weighted by molar-refractivity contribution is -0.589. The number of hydrogen-bond acceptors (Lipinski definition) is 2. The van der Waals surface area contributed by atoms with Gasteiger partial charge in [0, 0.05) is 0 Å². The maximum Gasteiger partial charge on any atom is 0.0752 e. The lowest BCUT2D eigenvalue weighted by Gasteiger charge is -1.99. The van der Waals surface area contributed by atoms with Gasteiger partial charge in [0.05, 0.1) is 6.54 Å². The zero-order chi connectivity index (χ0) is 6.24.